The molecule has 0 fully saturated rings. The van der Waals surface area contributed by atoms with Crippen LogP contribution in [0.2, 0.25) is 0 Å². The zero-order chi connectivity index (χ0) is 14.2. The van der Waals surface area contributed by atoms with Crippen molar-refractivity contribution < 1.29 is 9.90 Å². The first-order valence-corrected chi connectivity index (χ1v) is 6.59. The minimum Gasteiger partial charge on any atom is -0.476 e. The monoisotopic (exact) mass is 370 g/mol. The molecule has 1 heterocycles. The summed E-state index contributed by atoms with van der Waals surface area (Å²) in [5.74, 6) is -1.32. The number of benzene rings is 1. The molecule has 0 aliphatic rings. The van der Waals surface area contributed by atoms with Crippen molar-refractivity contribution in [2.24, 2.45) is 0 Å². The van der Waals surface area contributed by atoms with E-state index in [0.29, 0.717) is 5.69 Å². The van der Waals surface area contributed by atoms with Crippen LogP contribution in [0.1, 0.15) is 21.7 Å². The summed E-state index contributed by atoms with van der Waals surface area (Å²) in [4.78, 5) is 22.5. The first kappa shape index (κ1) is 13.7. The van der Waals surface area contributed by atoms with Crippen molar-refractivity contribution in [2.75, 3.05) is 0 Å². The molecule has 1 aromatic carbocycles. The lowest BCUT2D eigenvalue weighted by atomic mass is 10.2. The Balaban J connectivity index is 2.68. The molecule has 2 aromatic rings. The predicted octanol–water partition coefficient (Wildman–Crippen LogP) is 2.15. The molecule has 0 saturated heterocycles. The van der Waals surface area contributed by atoms with E-state index in [1.54, 1.807) is 6.92 Å². The standard InChI is InChI=1S/C13H11IN2O3/c1-7-3-4-9(6-10(7)14)16-8(2)5-11(17)12(15-16)13(18)19/h3-6H,1-2H3,(H,18,19). The second-order valence-electron chi connectivity index (χ2n) is 4.15. The maximum absolute atomic E-state index is 11.5. The van der Waals surface area contributed by atoms with Gasteiger partial charge in [-0.1, -0.05) is 6.07 Å². The molecule has 98 valence electrons. The lowest BCUT2D eigenvalue weighted by Gasteiger charge is -2.11. The van der Waals surface area contributed by atoms with Gasteiger partial charge in [0, 0.05) is 15.3 Å². The Morgan fingerprint density at radius 2 is 2.00 bits per heavy atom. The van der Waals surface area contributed by atoms with E-state index in [9.17, 15) is 9.59 Å². The van der Waals surface area contributed by atoms with Gasteiger partial charge in [0.25, 0.3) is 0 Å². The maximum Gasteiger partial charge on any atom is 0.360 e. The van der Waals surface area contributed by atoms with Gasteiger partial charge >= 0.3 is 5.97 Å². The SMILES string of the molecule is Cc1ccc(-n2nc(C(=O)O)c(=O)cc2C)cc1I. The van der Waals surface area contributed by atoms with Crippen molar-refractivity contribution in [3.63, 3.8) is 0 Å². The van der Waals surface area contributed by atoms with Crippen LogP contribution in [0.3, 0.4) is 0 Å². The summed E-state index contributed by atoms with van der Waals surface area (Å²) in [6.07, 6.45) is 0. The van der Waals surface area contributed by atoms with E-state index in [1.165, 1.54) is 10.7 Å². The van der Waals surface area contributed by atoms with Crippen molar-refractivity contribution in [2.45, 2.75) is 13.8 Å². The second kappa shape index (κ2) is 5.12. The summed E-state index contributed by atoms with van der Waals surface area (Å²) in [5.41, 5.74) is 1.40. The zero-order valence-electron chi connectivity index (χ0n) is 10.3. The molecule has 0 spiro atoms. The zero-order valence-corrected chi connectivity index (χ0v) is 12.5. The number of rotatable bonds is 2. The molecule has 0 atom stereocenters. The number of halogens is 1. The number of carboxylic acids is 1. The van der Waals surface area contributed by atoms with Crippen LogP contribution < -0.4 is 5.43 Å². The molecular formula is C13H11IN2O3. The van der Waals surface area contributed by atoms with Gasteiger partial charge in [-0.2, -0.15) is 5.10 Å². The first-order chi connectivity index (χ1) is 8.90. The molecule has 1 aromatic heterocycles. The summed E-state index contributed by atoms with van der Waals surface area (Å²) >= 11 is 2.20. The van der Waals surface area contributed by atoms with Crippen molar-refractivity contribution in [1.29, 1.82) is 0 Å². The quantitative estimate of drug-likeness (QED) is 0.823. The lowest BCUT2D eigenvalue weighted by Crippen LogP contribution is -2.22. The molecule has 0 amide bonds. The Hall–Kier alpha value is -1.70. The highest BCUT2D eigenvalue weighted by Gasteiger charge is 2.13. The Bertz CT molecular complexity index is 722. The van der Waals surface area contributed by atoms with Crippen LogP contribution in [0, 0.1) is 17.4 Å². The molecule has 1 N–H and O–H groups in total. The fourth-order valence-corrected chi connectivity index (χ4v) is 2.17. The van der Waals surface area contributed by atoms with Gasteiger partial charge in [-0.05, 0) is 54.1 Å². The predicted molar refractivity (Wildman–Crippen MR) is 79.0 cm³/mol. The Morgan fingerprint density at radius 3 is 2.58 bits per heavy atom. The number of carboxylic acid groups (broad SMARTS) is 1. The Kier molecular flexibility index (Phi) is 3.70. The summed E-state index contributed by atoms with van der Waals surface area (Å²) < 4.78 is 2.51. The van der Waals surface area contributed by atoms with Crippen molar-refractivity contribution in [1.82, 2.24) is 9.78 Å². The van der Waals surface area contributed by atoms with Crippen LogP contribution in [0.5, 0.6) is 0 Å². The minimum absolute atomic E-state index is 0.471. The topological polar surface area (TPSA) is 72.2 Å². The van der Waals surface area contributed by atoms with Gasteiger partial charge in [0.1, 0.15) is 0 Å². The van der Waals surface area contributed by atoms with E-state index in [2.05, 4.69) is 27.7 Å². The summed E-state index contributed by atoms with van der Waals surface area (Å²) in [6.45, 7) is 3.70. The highest BCUT2D eigenvalue weighted by atomic mass is 127. The van der Waals surface area contributed by atoms with Gasteiger partial charge in [0.15, 0.2) is 0 Å². The van der Waals surface area contributed by atoms with Crippen molar-refractivity contribution in [3.05, 3.63) is 55.0 Å². The number of nitrogens with zero attached hydrogens (tertiary/aromatic N) is 2. The number of aromatic carboxylic acids is 1. The fourth-order valence-electron chi connectivity index (χ4n) is 1.67. The number of hydrogen-bond acceptors (Lipinski definition) is 3. The van der Waals surface area contributed by atoms with Crippen LogP contribution in [0.15, 0.2) is 29.1 Å². The van der Waals surface area contributed by atoms with E-state index in [4.69, 9.17) is 5.11 Å². The second-order valence-corrected chi connectivity index (χ2v) is 5.31. The molecule has 0 aliphatic heterocycles. The van der Waals surface area contributed by atoms with Crippen LogP contribution >= 0.6 is 22.6 Å². The minimum atomic E-state index is -1.32. The van der Waals surface area contributed by atoms with Gasteiger partial charge in [-0.25, -0.2) is 9.48 Å². The summed E-state index contributed by atoms with van der Waals surface area (Å²) in [5, 5.41) is 12.9. The van der Waals surface area contributed by atoms with Crippen molar-refractivity contribution >= 4 is 28.6 Å². The third kappa shape index (κ3) is 2.67. The van der Waals surface area contributed by atoms with Gasteiger partial charge < -0.3 is 5.11 Å². The number of aryl methyl sites for hydroxylation is 2. The van der Waals surface area contributed by atoms with E-state index in [0.717, 1.165) is 14.8 Å². The smallest absolute Gasteiger partial charge is 0.360 e. The molecule has 6 heteroatoms. The molecule has 19 heavy (non-hydrogen) atoms. The summed E-state index contributed by atoms with van der Waals surface area (Å²) in [7, 11) is 0. The fraction of sp³-hybridized carbons (Fsp3) is 0.154. The van der Waals surface area contributed by atoms with Crippen LogP contribution in [0.4, 0.5) is 0 Å². The van der Waals surface area contributed by atoms with Crippen LogP contribution in [0.25, 0.3) is 5.69 Å². The highest BCUT2D eigenvalue weighted by Crippen LogP contribution is 2.16. The highest BCUT2D eigenvalue weighted by molar-refractivity contribution is 14.1. The average Bonchev–Trinajstić information content (AvgIpc) is 2.32. The number of carbonyl (C=O) groups is 1. The average molecular weight is 370 g/mol. The molecule has 0 bridgehead atoms. The largest absolute Gasteiger partial charge is 0.476 e. The lowest BCUT2D eigenvalue weighted by molar-refractivity contribution is 0.0686. The van der Waals surface area contributed by atoms with E-state index >= 15 is 0 Å². The molecule has 0 radical (unpaired) electrons. The summed E-state index contributed by atoms with van der Waals surface area (Å²) in [6, 6.07) is 6.94. The third-order valence-corrected chi connectivity index (χ3v) is 3.87. The molecule has 0 aliphatic carbocycles. The number of hydrogen-bond donors (Lipinski definition) is 1. The van der Waals surface area contributed by atoms with Crippen LogP contribution in [-0.4, -0.2) is 20.9 Å². The maximum atomic E-state index is 11.5. The Labute approximate surface area is 123 Å². The van der Waals surface area contributed by atoms with Gasteiger partial charge in [0.05, 0.1) is 5.69 Å². The normalized spacial score (nSPS) is 10.5. The third-order valence-electron chi connectivity index (χ3n) is 2.71. The van der Waals surface area contributed by atoms with Gasteiger partial charge in [-0.3, -0.25) is 4.79 Å². The molecular weight excluding hydrogens is 359 g/mol. The van der Waals surface area contributed by atoms with E-state index in [1.807, 2.05) is 25.1 Å². The first-order valence-electron chi connectivity index (χ1n) is 5.51. The molecule has 2 rings (SSSR count). The van der Waals surface area contributed by atoms with Crippen LogP contribution in [-0.2, 0) is 0 Å². The van der Waals surface area contributed by atoms with E-state index < -0.39 is 17.1 Å². The van der Waals surface area contributed by atoms with Crippen molar-refractivity contribution in [3.8, 4) is 5.69 Å². The van der Waals surface area contributed by atoms with Gasteiger partial charge in [-0.15, -0.1) is 0 Å². The van der Waals surface area contributed by atoms with E-state index in [-0.39, 0.29) is 0 Å². The Morgan fingerprint density at radius 1 is 1.32 bits per heavy atom. The molecule has 0 unspecified atom stereocenters. The molecule has 5 nitrogen and oxygen atoms in total. The number of aromatic nitrogens is 2. The molecule has 0 saturated carbocycles. The van der Waals surface area contributed by atoms with Gasteiger partial charge in [0.2, 0.25) is 11.1 Å².